The molecule has 5 aromatic rings. The van der Waals surface area contributed by atoms with E-state index in [-0.39, 0.29) is 48.9 Å². The van der Waals surface area contributed by atoms with Gasteiger partial charge in [-0.1, -0.05) is 103 Å². The number of aliphatic hydroxyl groups is 1. The van der Waals surface area contributed by atoms with Crippen LogP contribution in [0.25, 0.3) is 44.0 Å². The van der Waals surface area contributed by atoms with Gasteiger partial charge in [-0.25, -0.2) is 0 Å². The van der Waals surface area contributed by atoms with Crippen LogP contribution in [0, 0.1) is 23.3 Å². The molecule has 1 N–H and O–H groups in total. The number of hydrogen-bond acceptors (Lipinski definition) is 4. The predicted molar refractivity (Wildman–Crippen MR) is 208 cm³/mol. The van der Waals surface area contributed by atoms with Crippen LogP contribution in [0.1, 0.15) is 79.7 Å². The predicted octanol–water partition coefficient (Wildman–Crippen LogP) is 12.5. The van der Waals surface area contributed by atoms with Crippen molar-refractivity contribution in [3.8, 4) is 11.3 Å². The van der Waals surface area contributed by atoms with E-state index < -0.39 is 20.3 Å². The maximum atomic E-state index is 13.5. The first kappa shape index (κ1) is 43.1. The fourth-order valence-corrected chi connectivity index (χ4v) is 9.63. The minimum atomic E-state index is -4.22. The molecule has 0 amide bonds. The maximum absolute atomic E-state index is 13.5. The number of halogens is 3. The first-order chi connectivity index (χ1) is 23.9. The van der Waals surface area contributed by atoms with Crippen molar-refractivity contribution >= 4 is 51.8 Å². The Kier molecular flexibility index (Phi) is 14.7. The molecule has 0 aliphatic rings. The summed E-state index contributed by atoms with van der Waals surface area (Å²) in [6.45, 7) is 18.2. The van der Waals surface area contributed by atoms with Crippen LogP contribution in [0.2, 0.25) is 19.1 Å². The Bertz CT molecular complexity index is 2000. The fraction of sp³-hybridized carbons (Fsp3) is 0.442. The Morgan fingerprint density at radius 2 is 1.54 bits per heavy atom. The Morgan fingerprint density at radius 3 is 2.13 bits per heavy atom. The summed E-state index contributed by atoms with van der Waals surface area (Å²) in [6, 6.07) is 20.3. The van der Waals surface area contributed by atoms with E-state index in [2.05, 4.69) is 50.0 Å². The van der Waals surface area contributed by atoms with Crippen LogP contribution in [-0.4, -0.2) is 30.1 Å². The van der Waals surface area contributed by atoms with E-state index in [0.29, 0.717) is 16.8 Å². The van der Waals surface area contributed by atoms with E-state index in [1.165, 1.54) is 11.6 Å². The van der Waals surface area contributed by atoms with Crippen molar-refractivity contribution in [1.82, 2.24) is 4.98 Å². The monoisotopic (exact) mass is 909 g/mol. The van der Waals surface area contributed by atoms with Crippen molar-refractivity contribution in [1.29, 1.82) is 0 Å². The van der Waals surface area contributed by atoms with Gasteiger partial charge in [0.05, 0.1) is 13.8 Å². The normalized spacial score (nSPS) is 12.8. The van der Waals surface area contributed by atoms with Crippen molar-refractivity contribution < 1.29 is 47.6 Å². The number of benzene rings is 3. The van der Waals surface area contributed by atoms with Gasteiger partial charge in [0.25, 0.3) is 0 Å². The molecule has 5 rings (SSSR count). The number of hydrogen-bond donors (Lipinski definition) is 1. The van der Waals surface area contributed by atoms with Gasteiger partial charge in [0.2, 0.25) is 0 Å². The van der Waals surface area contributed by atoms with Crippen LogP contribution < -0.4 is 5.19 Å². The number of allylic oxidation sites excluding steroid dienone is 2. The molecule has 0 unspecified atom stereocenters. The minimum Gasteiger partial charge on any atom is -0.512 e. The first-order valence-corrected chi connectivity index (χ1v) is 21.4. The minimum absolute atomic E-state index is 0. The largest absolute Gasteiger partial charge is 0.512 e. The third kappa shape index (κ3) is 10.7. The summed E-state index contributed by atoms with van der Waals surface area (Å²) in [4.78, 5) is 16.3. The molecule has 52 heavy (non-hydrogen) atoms. The van der Waals surface area contributed by atoms with Gasteiger partial charge in [-0.3, -0.25) is 9.78 Å². The molecule has 0 spiro atoms. The molecule has 0 saturated heterocycles. The summed E-state index contributed by atoms with van der Waals surface area (Å²) in [5.41, 5.74) is 4.02. The van der Waals surface area contributed by atoms with Crippen LogP contribution in [0.5, 0.6) is 0 Å². The number of nitrogens with zero attached hydrogens (tertiary/aromatic N) is 1. The topological polar surface area (TPSA) is 63.3 Å². The van der Waals surface area contributed by atoms with E-state index in [0.717, 1.165) is 64.4 Å². The van der Waals surface area contributed by atoms with Crippen molar-refractivity contribution in [3.63, 3.8) is 0 Å². The van der Waals surface area contributed by atoms with Gasteiger partial charge in [-0.2, -0.15) is 13.2 Å². The molecule has 2 aromatic heterocycles. The molecule has 4 nitrogen and oxygen atoms in total. The van der Waals surface area contributed by atoms with Gasteiger partial charge in [0, 0.05) is 66.7 Å². The second-order valence-electron chi connectivity index (χ2n) is 15.5. The Morgan fingerprint density at radius 1 is 0.904 bits per heavy atom. The van der Waals surface area contributed by atoms with Crippen LogP contribution in [0.15, 0.2) is 77.0 Å². The van der Waals surface area contributed by atoms with E-state index in [1.54, 1.807) is 19.3 Å². The van der Waals surface area contributed by atoms with Gasteiger partial charge in [0.15, 0.2) is 5.78 Å². The zero-order valence-electron chi connectivity index (χ0n) is 31.9. The zero-order valence-corrected chi connectivity index (χ0v) is 35.3. The Balaban J connectivity index is 0.000000389. The number of ketones is 1. The van der Waals surface area contributed by atoms with Gasteiger partial charge in [-0.15, -0.1) is 28.8 Å². The van der Waals surface area contributed by atoms with Gasteiger partial charge >= 0.3 is 6.18 Å². The number of aromatic nitrogens is 1. The number of rotatable bonds is 11. The van der Waals surface area contributed by atoms with Gasteiger partial charge in [-0.05, 0) is 55.2 Å². The van der Waals surface area contributed by atoms with Gasteiger partial charge < -0.3 is 9.52 Å². The van der Waals surface area contributed by atoms with Gasteiger partial charge in [0.1, 0.15) is 11.2 Å². The molecule has 1 radical (unpaired) electrons. The van der Waals surface area contributed by atoms with Crippen molar-refractivity contribution in [2.24, 2.45) is 17.3 Å². The number of pyridine rings is 1. The molecular formula is C43H53F3IrNO3Si-. The number of fused-ring (bicyclic) bond motifs is 4. The smallest absolute Gasteiger partial charge is 0.387 e. The number of alkyl halides is 3. The second-order valence-corrected chi connectivity index (χ2v) is 20.2. The summed E-state index contributed by atoms with van der Waals surface area (Å²) < 4.78 is 46.9. The number of carbonyl (C=O) groups excluding carboxylic acids is 1. The Hall–Kier alpha value is -3.26. The summed E-state index contributed by atoms with van der Waals surface area (Å²) in [6.07, 6.45) is 3.34. The molecule has 3 aromatic carbocycles. The fourth-order valence-electron chi connectivity index (χ4n) is 6.95. The number of carbonyl (C=O) groups is 1. The average molecular weight is 909 g/mol. The summed E-state index contributed by atoms with van der Waals surface area (Å²) >= 11 is 0. The van der Waals surface area contributed by atoms with Crippen LogP contribution >= 0.6 is 0 Å². The summed E-state index contributed by atoms with van der Waals surface area (Å²) in [5.74, 6) is 0.547. The molecule has 0 aliphatic carbocycles. The van der Waals surface area contributed by atoms with E-state index in [9.17, 15) is 23.1 Å². The van der Waals surface area contributed by atoms with E-state index >= 15 is 0 Å². The average Bonchev–Trinajstić information content (AvgIpc) is 3.41. The zero-order chi connectivity index (χ0) is 37.7. The molecule has 2 heterocycles. The molecule has 0 aliphatic heterocycles. The molecule has 0 fully saturated rings. The molecule has 283 valence electrons. The quantitative estimate of drug-likeness (QED) is 0.0621. The Labute approximate surface area is 321 Å². The third-order valence-corrected chi connectivity index (χ3v) is 12.8. The van der Waals surface area contributed by atoms with Crippen molar-refractivity contribution in [2.75, 3.05) is 0 Å². The number of aliphatic hydroxyl groups excluding tert-OH is 1. The summed E-state index contributed by atoms with van der Waals surface area (Å²) in [7, 11) is -2.88. The SMILES string of the molecule is CC(C)(C)Cc1ccc2c(c1)oc1c(-c3[c-]c4ccccc4c([Si](C)(C)CC(F)(F)F)c3)nccc12.CCC(CC)C(=O)/C=C(\O)C(CC)CC.[Ir]. The number of furan rings is 1. The molecule has 0 atom stereocenters. The van der Waals surface area contributed by atoms with Crippen molar-refractivity contribution in [2.45, 2.75) is 106 Å². The van der Waals surface area contributed by atoms with Crippen LogP contribution in [0.4, 0.5) is 13.2 Å². The standard InChI is InChI=1S/C30H29F3NOSi.C13H24O2.Ir/c1-29(2,3)17-19-10-11-23-24-12-13-34-27(28(24)35-25(23)14-19)21-15-20-8-6-7-9-22(20)26(16-21)36(4,5)18-30(31,32)33;1-5-10(6-2)12(14)9-13(15)11(7-3)8-4;/h6-14,16H,17-18H2,1-5H3;9-11,14H,5-8H2,1-4H3;/q-1;;/b;12-9-;. The summed E-state index contributed by atoms with van der Waals surface area (Å²) in [5, 5.41) is 14.1. The van der Waals surface area contributed by atoms with E-state index in [4.69, 9.17) is 4.42 Å². The van der Waals surface area contributed by atoms with Crippen molar-refractivity contribution in [3.05, 3.63) is 84.3 Å². The van der Waals surface area contributed by atoms with E-state index in [1.807, 2.05) is 64.1 Å². The third-order valence-electron chi connectivity index (χ3n) is 9.67. The molecule has 0 bridgehead atoms. The maximum Gasteiger partial charge on any atom is 0.387 e. The molecular weight excluding hydrogens is 856 g/mol. The molecule has 0 saturated carbocycles. The van der Waals surface area contributed by atoms with Crippen LogP contribution in [0.3, 0.4) is 0 Å². The van der Waals surface area contributed by atoms with Crippen LogP contribution in [-0.2, 0) is 31.3 Å². The first-order valence-electron chi connectivity index (χ1n) is 18.2. The molecule has 9 heteroatoms. The second kappa shape index (κ2) is 17.7.